The van der Waals surface area contributed by atoms with Gasteiger partial charge in [0.05, 0.1) is 23.2 Å². The molecule has 2 bridgehead atoms. The number of fused-ring (bicyclic) bond motifs is 2. The van der Waals surface area contributed by atoms with Crippen LogP contribution < -0.4 is 4.90 Å². The number of ether oxygens (including phenoxy) is 1. The minimum atomic E-state index is -0.729. The van der Waals surface area contributed by atoms with Crippen LogP contribution >= 0.6 is 11.8 Å². The van der Waals surface area contributed by atoms with E-state index in [2.05, 4.69) is 13.2 Å². The van der Waals surface area contributed by atoms with Crippen LogP contribution in [0.5, 0.6) is 0 Å². The Morgan fingerprint density at radius 1 is 1.15 bits per heavy atom. The molecule has 212 valence electrons. The number of thioether (sulfide) groups is 1. The van der Waals surface area contributed by atoms with E-state index in [4.69, 9.17) is 4.74 Å². The minimum Gasteiger partial charge on any atom is -0.465 e. The molecule has 3 aliphatic heterocycles. The van der Waals surface area contributed by atoms with Crippen molar-refractivity contribution in [1.82, 2.24) is 4.90 Å². The molecule has 8 heteroatoms. The standard InChI is InChI=1S/C32H38N2O5S/c1-4-6-20-39-30(38)26-25-28(36)34(18-9-10-19-35)27(32(25)16-15-31(26,3)40-32)29(37)33(17-5-2)24-14-13-22-11-7-8-12-23(22)21-24/h4-5,7-8,11-14,21,25-27,35H,1-2,6,9-10,15-20H2,3H3/t25-,26+,27?,31-,32?/m0/s1. The second kappa shape index (κ2) is 11.4. The van der Waals surface area contributed by atoms with Gasteiger partial charge in [-0.15, -0.1) is 24.9 Å². The fraction of sp³-hybridized carbons (Fsp3) is 0.469. The Labute approximate surface area is 240 Å². The van der Waals surface area contributed by atoms with Gasteiger partial charge in [-0.05, 0) is 61.9 Å². The topological polar surface area (TPSA) is 87.1 Å². The summed E-state index contributed by atoms with van der Waals surface area (Å²) < 4.78 is 4.43. The van der Waals surface area contributed by atoms with Crippen LogP contribution in [-0.2, 0) is 19.1 Å². The lowest BCUT2D eigenvalue weighted by Crippen LogP contribution is -2.55. The van der Waals surface area contributed by atoms with Crippen molar-refractivity contribution < 1.29 is 24.2 Å². The SMILES string of the molecule is C=CCCOC(=O)[C@H]1[C@H]2C(=O)N(CCCCO)C(C(=O)N(CC=C)c3ccc4ccccc4c3)C23CC[C@]1(C)S3. The molecule has 0 aromatic heterocycles. The normalized spacial score (nSPS) is 28.5. The van der Waals surface area contributed by atoms with E-state index >= 15 is 0 Å². The van der Waals surface area contributed by atoms with E-state index in [0.717, 1.165) is 22.9 Å². The van der Waals surface area contributed by atoms with E-state index in [1.54, 1.807) is 33.7 Å². The van der Waals surface area contributed by atoms with Crippen molar-refractivity contribution in [2.24, 2.45) is 11.8 Å². The number of aliphatic hydroxyl groups is 1. The van der Waals surface area contributed by atoms with E-state index in [-0.39, 0.29) is 31.0 Å². The molecule has 40 heavy (non-hydrogen) atoms. The van der Waals surface area contributed by atoms with Crippen molar-refractivity contribution in [2.75, 3.05) is 31.2 Å². The van der Waals surface area contributed by atoms with Crippen molar-refractivity contribution in [3.63, 3.8) is 0 Å². The molecule has 2 amide bonds. The molecule has 3 fully saturated rings. The van der Waals surface area contributed by atoms with E-state index < -0.39 is 27.4 Å². The Kier molecular flexibility index (Phi) is 8.11. The van der Waals surface area contributed by atoms with Crippen LogP contribution in [0.25, 0.3) is 10.8 Å². The number of carbonyl (C=O) groups excluding carboxylic acids is 3. The molecule has 3 aliphatic rings. The number of aliphatic hydroxyl groups excluding tert-OH is 1. The number of amides is 2. The summed E-state index contributed by atoms with van der Waals surface area (Å²) in [6.45, 7) is 10.5. The van der Waals surface area contributed by atoms with Crippen LogP contribution in [-0.4, -0.2) is 69.6 Å². The van der Waals surface area contributed by atoms with Gasteiger partial charge >= 0.3 is 5.97 Å². The summed E-state index contributed by atoms with van der Waals surface area (Å²) in [5.41, 5.74) is 0.746. The molecule has 3 saturated heterocycles. The largest absolute Gasteiger partial charge is 0.465 e. The van der Waals surface area contributed by atoms with Crippen LogP contribution in [0, 0.1) is 11.8 Å². The molecule has 0 radical (unpaired) electrons. The van der Waals surface area contributed by atoms with Crippen molar-refractivity contribution >= 4 is 46.0 Å². The molecule has 2 aromatic rings. The molecule has 2 aromatic carbocycles. The van der Waals surface area contributed by atoms with Gasteiger partial charge in [0.15, 0.2) is 0 Å². The van der Waals surface area contributed by atoms with Crippen molar-refractivity contribution in [1.29, 1.82) is 0 Å². The second-order valence-corrected chi connectivity index (χ2v) is 13.1. The second-order valence-electron chi connectivity index (χ2n) is 11.2. The number of unbranched alkanes of at least 4 members (excludes halogenated alkanes) is 1. The zero-order valence-electron chi connectivity index (χ0n) is 23.1. The highest BCUT2D eigenvalue weighted by molar-refractivity contribution is 8.02. The summed E-state index contributed by atoms with van der Waals surface area (Å²) in [4.78, 5) is 45.7. The number of anilines is 1. The van der Waals surface area contributed by atoms with E-state index in [0.29, 0.717) is 38.8 Å². The smallest absolute Gasteiger partial charge is 0.311 e. The molecule has 7 nitrogen and oxygen atoms in total. The van der Waals surface area contributed by atoms with Crippen LogP contribution in [0.15, 0.2) is 67.8 Å². The van der Waals surface area contributed by atoms with E-state index in [1.165, 1.54) is 0 Å². The van der Waals surface area contributed by atoms with Crippen LogP contribution in [0.3, 0.4) is 0 Å². The number of rotatable bonds is 12. The summed E-state index contributed by atoms with van der Waals surface area (Å²) in [5.74, 6) is -1.92. The number of esters is 1. The van der Waals surface area contributed by atoms with Crippen LogP contribution in [0.2, 0.25) is 0 Å². The fourth-order valence-electron chi connectivity index (χ4n) is 6.97. The highest BCUT2D eigenvalue weighted by Gasteiger charge is 2.77. The molecule has 5 rings (SSSR count). The number of benzene rings is 2. The fourth-order valence-corrected chi connectivity index (χ4v) is 9.31. The van der Waals surface area contributed by atoms with E-state index in [9.17, 15) is 19.5 Å². The first kappa shape index (κ1) is 28.4. The number of carbonyl (C=O) groups is 3. The Morgan fingerprint density at radius 2 is 1.93 bits per heavy atom. The van der Waals surface area contributed by atoms with Crippen molar-refractivity contribution in [2.45, 2.75) is 54.6 Å². The Balaban J connectivity index is 1.55. The highest BCUT2D eigenvalue weighted by Crippen LogP contribution is 2.71. The first-order valence-electron chi connectivity index (χ1n) is 14.1. The highest BCUT2D eigenvalue weighted by atomic mass is 32.2. The average Bonchev–Trinajstić information content (AvgIpc) is 3.52. The molecule has 3 heterocycles. The van der Waals surface area contributed by atoms with Gasteiger partial charge < -0.3 is 19.6 Å². The average molecular weight is 563 g/mol. The molecule has 0 aliphatic carbocycles. The van der Waals surface area contributed by atoms with Crippen molar-refractivity contribution in [3.8, 4) is 0 Å². The van der Waals surface area contributed by atoms with Crippen molar-refractivity contribution in [3.05, 3.63) is 67.8 Å². The third-order valence-corrected chi connectivity index (χ3v) is 10.7. The van der Waals surface area contributed by atoms with Gasteiger partial charge in [-0.25, -0.2) is 0 Å². The van der Waals surface area contributed by atoms with Gasteiger partial charge in [-0.1, -0.05) is 42.5 Å². The lowest BCUT2D eigenvalue weighted by molar-refractivity contribution is -0.155. The maximum absolute atomic E-state index is 14.7. The number of nitrogens with zero attached hydrogens (tertiary/aromatic N) is 2. The Morgan fingerprint density at radius 3 is 2.65 bits per heavy atom. The molecular weight excluding hydrogens is 524 g/mol. The number of likely N-dealkylation sites (tertiary alicyclic amines) is 1. The summed E-state index contributed by atoms with van der Waals surface area (Å²) in [6, 6.07) is 13.2. The summed E-state index contributed by atoms with van der Waals surface area (Å²) in [7, 11) is 0. The van der Waals surface area contributed by atoms with Gasteiger partial charge in [0.25, 0.3) is 5.91 Å². The third kappa shape index (κ3) is 4.65. The quantitative estimate of drug-likeness (QED) is 0.229. The summed E-state index contributed by atoms with van der Waals surface area (Å²) in [6.07, 6.45) is 6.45. The predicted octanol–water partition coefficient (Wildman–Crippen LogP) is 4.73. The number of hydrogen-bond acceptors (Lipinski definition) is 6. The third-order valence-electron chi connectivity index (χ3n) is 8.76. The lowest BCUT2D eigenvalue weighted by atomic mass is 9.66. The minimum absolute atomic E-state index is 0.0139. The van der Waals surface area contributed by atoms with Crippen LogP contribution in [0.4, 0.5) is 5.69 Å². The first-order chi connectivity index (χ1) is 19.3. The zero-order valence-corrected chi connectivity index (χ0v) is 23.9. The predicted molar refractivity (Wildman–Crippen MR) is 159 cm³/mol. The molecule has 2 unspecified atom stereocenters. The van der Waals surface area contributed by atoms with E-state index in [1.807, 2.05) is 49.4 Å². The molecule has 0 saturated carbocycles. The van der Waals surface area contributed by atoms with Gasteiger partial charge in [-0.2, -0.15) is 0 Å². The monoisotopic (exact) mass is 562 g/mol. The first-order valence-corrected chi connectivity index (χ1v) is 14.9. The van der Waals surface area contributed by atoms with Gasteiger partial charge in [-0.3, -0.25) is 14.4 Å². The Bertz CT molecular complexity index is 1330. The van der Waals surface area contributed by atoms with Crippen LogP contribution in [0.1, 0.15) is 39.0 Å². The number of hydrogen-bond donors (Lipinski definition) is 1. The molecule has 5 atom stereocenters. The van der Waals surface area contributed by atoms with Gasteiger partial charge in [0, 0.05) is 30.1 Å². The maximum atomic E-state index is 14.7. The lowest BCUT2D eigenvalue weighted by Gasteiger charge is -2.37. The summed E-state index contributed by atoms with van der Waals surface area (Å²) in [5, 5.41) is 11.5. The Hall–Kier alpha value is -3.10. The molecule has 1 N–H and O–H groups in total. The maximum Gasteiger partial charge on any atom is 0.311 e. The zero-order chi connectivity index (χ0) is 28.5. The molecular formula is C32H38N2O5S. The molecule has 1 spiro atoms. The van der Waals surface area contributed by atoms with Gasteiger partial charge in [0.1, 0.15) is 6.04 Å². The summed E-state index contributed by atoms with van der Waals surface area (Å²) >= 11 is 1.64. The van der Waals surface area contributed by atoms with Gasteiger partial charge in [0.2, 0.25) is 5.91 Å².